The van der Waals surface area contributed by atoms with Crippen LogP contribution in [0.4, 0.5) is 4.39 Å². The fraction of sp³-hybridized carbons (Fsp3) is 0.562. The molecule has 0 atom stereocenters. The molecule has 3 N–H and O–H groups in total. The van der Waals surface area contributed by atoms with E-state index in [9.17, 15) is 9.18 Å². The summed E-state index contributed by atoms with van der Waals surface area (Å²) in [4.78, 5) is 12.0. The Hall–Kier alpha value is -1.42. The quantitative estimate of drug-likeness (QED) is 0.718. The number of hydrogen-bond acceptors (Lipinski definition) is 2. The minimum Gasteiger partial charge on any atom is -0.346 e. The smallest absolute Gasteiger partial charge is 0.220 e. The maximum absolute atomic E-state index is 13.8. The van der Waals surface area contributed by atoms with Crippen molar-refractivity contribution in [1.29, 1.82) is 0 Å². The van der Waals surface area contributed by atoms with Crippen molar-refractivity contribution in [2.75, 3.05) is 6.54 Å². The van der Waals surface area contributed by atoms with Gasteiger partial charge < -0.3 is 11.1 Å². The van der Waals surface area contributed by atoms with Gasteiger partial charge in [-0.15, -0.1) is 0 Å². The van der Waals surface area contributed by atoms with Crippen LogP contribution in [0.3, 0.4) is 0 Å². The van der Waals surface area contributed by atoms with Crippen molar-refractivity contribution in [2.24, 2.45) is 5.73 Å². The average Bonchev–Trinajstić information content (AvgIpc) is 3.19. The highest BCUT2D eigenvalue weighted by Crippen LogP contribution is 2.46. The van der Waals surface area contributed by atoms with Gasteiger partial charge in [0.15, 0.2) is 0 Å². The van der Waals surface area contributed by atoms with Gasteiger partial charge in [0.25, 0.3) is 0 Å². The fourth-order valence-electron chi connectivity index (χ4n) is 2.55. The summed E-state index contributed by atoms with van der Waals surface area (Å²) in [6.45, 7) is 0.711. The number of hydrogen-bond donors (Lipinski definition) is 2. The fourth-order valence-corrected chi connectivity index (χ4v) is 2.55. The number of rotatable bonds is 8. The Balaban J connectivity index is 1.81. The van der Waals surface area contributed by atoms with E-state index in [4.69, 9.17) is 5.73 Å². The topological polar surface area (TPSA) is 55.1 Å². The zero-order valence-corrected chi connectivity index (χ0v) is 11.8. The molecule has 1 aromatic rings. The summed E-state index contributed by atoms with van der Waals surface area (Å²) in [5.41, 5.74) is 5.60. The van der Waals surface area contributed by atoms with Gasteiger partial charge in [0, 0.05) is 12.0 Å². The van der Waals surface area contributed by atoms with Crippen molar-refractivity contribution >= 4 is 5.91 Å². The van der Waals surface area contributed by atoms with E-state index in [1.165, 1.54) is 6.07 Å². The summed E-state index contributed by atoms with van der Waals surface area (Å²) in [5.74, 6) is -0.202. The first-order valence-corrected chi connectivity index (χ1v) is 7.44. The van der Waals surface area contributed by atoms with E-state index in [2.05, 4.69) is 5.32 Å². The number of unbranched alkanes of at least 4 members (excludes halogenated alkanes) is 3. The van der Waals surface area contributed by atoms with Crippen LogP contribution in [0.1, 0.15) is 50.5 Å². The lowest BCUT2D eigenvalue weighted by Crippen LogP contribution is -2.35. The Bertz CT molecular complexity index is 458. The van der Waals surface area contributed by atoms with E-state index in [1.807, 2.05) is 6.07 Å². The molecule has 2 rings (SSSR count). The maximum atomic E-state index is 13.8. The first-order valence-electron chi connectivity index (χ1n) is 7.44. The predicted octanol–water partition coefficient (Wildman–Crippen LogP) is 2.84. The van der Waals surface area contributed by atoms with E-state index in [-0.39, 0.29) is 11.7 Å². The Morgan fingerprint density at radius 2 is 1.90 bits per heavy atom. The number of halogens is 1. The van der Waals surface area contributed by atoms with E-state index in [1.54, 1.807) is 12.1 Å². The summed E-state index contributed by atoms with van der Waals surface area (Å²) in [5, 5.41) is 3.01. The molecule has 20 heavy (non-hydrogen) atoms. The van der Waals surface area contributed by atoms with Crippen molar-refractivity contribution in [3.8, 4) is 0 Å². The van der Waals surface area contributed by atoms with E-state index >= 15 is 0 Å². The molecule has 0 aliphatic heterocycles. The van der Waals surface area contributed by atoms with Gasteiger partial charge in [0.05, 0.1) is 5.54 Å². The number of nitrogens with one attached hydrogen (secondary N) is 1. The third kappa shape index (κ3) is 3.79. The summed E-state index contributed by atoms with van der Waals surface area (Å²) in [6.07, 6.45) is 6.15. The largest absolute Gasteiger partial charge is 0.346 e. The van der Waals surface area contributed by atoms with E-state index in [0.717, 1.165) is 38.5 Å². The minimum atomic E-state index is -0.445. The summed E-state index contributed by atoms with van der Waals surface area (Å²) >= 11 is 0. The normalized spacial score (nSPS) is 15.9. The molecule has 1 amide bonds. The zero-order valence-electron chi connectivity index (χ0n) is 11.8. The van der Waals surface area contributed by atoms with Gasteiger partial charge >= 0.3 is 0 Å². The maximum Gasteiger partial charge on any atom is 0.220 e. The van der Waals surface area contributed by atoms with Crippen LogP contribution >= 0.6 is 0 Å². The molecule has 0 heterocycles. The van der Waals surface area contributed by atoms with E-state index < -0.39 is 5.54 Å². The second kappa shape index (κ2) is 6.84. The van der Waals surface area contributed by atoms with Gasteiger partial charge in [-0.3, -0.25) is 4.79 Å². The van der Waals surface area contributed by atoms with Gasteiger partial charge in [-0.1, -0.05) is 31.0 Å². The van der Waals surface area contributed by atoms with Crippen molar-refractivity contribution in [3.05, 3.63) is 35.6 Å². The molecule has 1 fully saturated rings. The Kier molecular flexibility index (Phi) is 5.12. The summed E-state index contributed by atoms with van der Waals surface area (Å²) in [7, 11) is 0. The van der Waals surface area contributed by atoms with Gasteiger partial charge in [-0.05, 0) is 38.3 Å². The van der Waals surface area contributed by atoms with Crippen LogP contribution in [0.25, 0.3) is 0 Å². The number of carbonyl (C=O) groups is 1. The van der Waals surface area contributed by atoms with Crippen molar-refractivity contribution in [2.45, 2.75) is 50.5 Å². The molecule has 0 unspecified atom stereocenters. The highest BCUT2D eigenvalue weighted by Gasteiger charge is 2.47. The zero-order chi connectivity index (χ0) is 14.4. The van der Waals surface area contributed by atoms with Crippen LogP contribution in [-0.4, -0.2) is 12.5 Å². The third-order valence-corrected chi connectivity index (χ3v) is 3.88. The lowest BCUT2D eigenvalue weighted by molar-refractivity contribution is -0.122. The summed E-state index contributed by atoms with van der Waals surface area (Å²) in [6, 6.07) is 6.71. The lowest BCUT2D eigenvalue weighted by atomic mass is 10.0. The number of benzene rings is 1. The van der Waals surface area contributed by atoms with Crippen LogP contribution in [-0.2, 0) is 10.3 Å². The Morgan fingerprint density at radius 1 is 1.20 bits per heavy atom. The molecule has 0 aromatic heterocycles. The van der Waals surface area contributed by atoms with Gasteiger partial charge in [-0.25, -0.2) is 4.39 Å². The molecule has 0 radical (unpaired) electrons. The standard InChI is InChI=1S/C16H23FN2O/c17-14-8-5-4-7-13(14)16(10-11-16)19-15(20)9-3-1-2-6-12-18/h4-5,7-8H,1-3,6,9-12,18H2,(H,19,20). The predicted molar refractivity (Wildman–Crippen MR) is 77.6 cm³/mol. The molecular formula is C16H23FN2O. The molecule has 110 valence electrons. The van der Waals surface area contributed by atoms with Gasteiger partial charge in [0.2, 0.25) is 5.91 Å². The summed E-state index contributed by atoms with van der Waals surface area (Å²) < 4.78 is 13.8. The highest BCUT2D eigenvalue weighted by molar-refractivity contribution is 5.77. The van der Waals surface area contributed by atoms with Gasteiger partial charge in [0.1, 0.15) is 5.82 Å². The van der Waals surface area contributed by atoms with Crippen LogP contribution in [0.5, 0.6) is 0 Å². The van der Waals surface area contributed by atoms with E-state index in [0.29, 0.717) is 18.5 Å². The molecule has 1 aromatic carbocycles. The highest BCUT2D eigenvalue weighted by atomic mass is 19.1. The van der Waals surface area contributed by atoms with Crippen LogP contribution in [0.15, 0.2) is 24.3 Å². The Morgan fingerprint density at radius 3 is 2.55 bits per heavy atom. The lowest BCUT2D eigenvalue weighted by Gasteiger charge is -2.18. The molecule has 1 aliphatic rings. The van der Waals surface area contributed by atoms with Crippen LogP contribution < -0.4 is 11.1 Å². The van der Waals surface area contributed by atoms with Gasteiger partial charge in [-0.2, -0.15) is 0 Å². The number of carbonyl (C=O) groups excluding carboxylic acids is 1. The molecule has 1 saturated carbocycles. The third-order valence-electron chi connectivity index (χ3n) is 3.88. The number of nitrogens with two attached hydrogens (primary N) is 1. The first-order chi connectivity index (χ1) is 9.68. The van der Waals surface area contributed by atoms with Crippen molar-refractivity contribution < 1.29 is 9.18 Å². The molecule has 1 aliphatic carbocycles. The molecular weight excluding hydrogens is 255 g/mol. The average molecular weight is 278 g/mol. The second-order valence-electron chi connectivity index (χ2n) is 5.56. The molecule has 0 saturated heterocycles. The Labute approximate surface area is 119 Å². The van der Waals surface area contributed by atoms with Crippen LogP contribution in [0, 0.1) is 5.82 Å². The van der Waals surface area contributed by atoms with Crippen molar-refractivity contribution in [1.82, 2.24) is 5.32 Å². The minimum absolute atomic E-state index is 0.0264. The SMILES string of the molecule is NCCCCCCC(=O)NC1(c2ccccc2F)CC1. The second-order valence-corrected chi connectivity index (χ2v) is 5.56. The molecule has 4 heteroatoms. The van der Waals surface area contributed by atoms with Crippen molar-refractivity contribution in [3.63, 3.8) is 0 Å². The molecule has 0 bridgehead atoms. The molecule has 3 nitrogen and oxygen atoms in total. The monoisotopic (exact) mass is 278 g/mol. The van der Waals surface area contributed by atoms with Crippen LogP contribution in [0.2, 0.25) is 0 Å². The molecule has 0 spiro atoms. The first kappa shape index (κ1) is 15.0. The number of amides is 1.